The number of hydrogen-bond donors (Lipinski definition) is 2. The summed E-state index contributed by atoms with van der Waals surface area (Å²) in [5.74, 6) is 0.112. The van der Waals surface area contributed by atoms with Crippen molar-refractivity contribution in [3.05, 3.63) is 35.4 Å². The van der Waals surface area contributed by atoms with Crippen LogP contribution in [0.1, 0.15) is 17.0 Å². The summed E-state index contributed by atoms with van der Waals surface area (Å²) in [4.78, 5) is 12.4. The first-order valence-corrected chi connectivity index (χ1v) is 7.31. The Morgan fingerprint density at radius 3 is 2.79 bits per heavy atom. The zero-order chi connectivity index (χ0) is 16.8. The number of carbonyl (C=O) groups excluding carboxylic acids is 1. The molecule has 124 valence electrons. The Balaban J connectivity index is 1.79. The third-order valence-corrected chi connectivity index (χ3v) is 4.18. The van der Waals surface area contributed by atoms with Crippen LogP contribution in [0.2, 0.25) is 0 Å². The number of methoxy groups -OCH3 is 1. The highest BCUT2D eigenvalue weighted by molar-refractivity contribution is 5.85. The maximum atomic E-state index is 12.4. The van der Waals surface area contributed by atoms with Crippen LogP contribution in [0.25, 0.3) is 0 Å². The van der Waals surface area contributed by atoms with E-state index in [2.05, 4.69) is 0 Å². The lowest BCUT2D eigenvalue weighted by Gasteiger charge is -2.25. The van der Waals surface area contributed by atoms with E-state index in [-0.39, 0.29) is 30.5 Å². The van der Waals surface area contributed by atoms with E-state index in [1.807, 2.05) is 0 Å². The molecule has 2 N–H and O–H groups in total. The molecule has 0 bridgehead atoms. The number of phenols is 2. The predicted octanol–water partition coefficient (Wildman–Crippen LogP) is 2.08. The fourth-order valence-electron chi connectivity index (χ4n) is 3.06. The number of aromatic hydroxyl groups is 2. The molecule has 0 saturated carbocycles. The minimum atomic E-state index is -0.669. The van der Waals surface area contributed by atoms with Gasteiger partial charge in [0, 0.05) is 23.3 Å². The first kappa shape index (κ1) is 14.5. The van der Waals surface area contributed by atoms with Crippen molar-refractivity contribution in [2.24, 2.45) is 0 Å². The summed E-state index contributed by atoms with van der Waals surface area (Å²) >= 11 is 0. The molecule has 7 nitrogen and oxygen atoms in total. The van der Waals surface area contributed by atoms with Crippen molar-refractivity contribution in [2.75, 3.05) is 13.9 Å². The molecule has 0 fully saturated rings. The third kappa shape index (κ3) is 2.09. The largest absolute Gasteiger partial charge is 0.508 e. The molecular formula is C17H14O7. The van der Waals surface area contributed by atoms with Crippen LogP contribution >= 0.6 is 0 Å². The van der Waals surface area contributed by atoms with Gasteiger partial charge in [-0.05, 0) is 12.5 Å². The van der Waals surface area contributed by atoms with E-state index in [1.54, 1.807) is 12.1 Å². The lowest BCUT2D eigenvalue weighted by Crippen LogP contribution is -2.26. The van der Waals surface area contributed by atoms with Gasteiger partial charge in [-0.3, -0.25) is 4.79 Å². The Hall–Kier alpha value is -3.09. The molecule has 2 heterocycles. The average Bonchev–Trinajstić information content (AvgIpc) is 3.01. The molecule has 0 saturated heterocycles. The molecular weight excluding hydrogens is 316 g/mol. The first-order valence-electron chi connectivity index (χ1n) is 7.31. The van der Waals surface area contributed by atoms with Crippen molar-refractivity contribution >= 4 is 5.97 Å². The molecule has 2 aliphatic heterocycles. The fourth-order valence-corrected chi connectivity index (χ4v) is 3.06. The lowest BCUT2D eigenvalue weighted by molar-refractivity contribution is -0.137. The van der Waals surface area contributed by atoms with Crippen molar-refractivity contribution in [1.29, 1.82) is 0 Å². The maximum absolute atomic E-state index is 12.4. The normalized spacial score (nSPS) is 18.0. The van der Waals surface area contributed by atoms with Gasteiger partial charge in [-0.1, -0.05) is 6.07 Å². The molecule has 4 rings (SSSR count). The van der Waals surface area contributed by atoms with E-state index in [0.29, 0.717) is 28.4 Å². The van der Waals surface area contributed by atoms with Crippen molar-refractivity contribution in [2.45, 2.75) is 12.3 Å². The molecule has 0 spiro atoms. The summed E-state index contributed by atoms with van der Waals surface area (Å²) < 4.78 is 21.4. The summed E-state index contributed by atoms with van der Waals surface area (Å²) in [7, 11) is 1.48. The summed E-state index contributed by atoms with van der Waals surface area (Å²) in [5.41, 5.74) is 1.04. The Morgan fingerprint density at radius 1 is 1.17 bits per heavy atom. The van der Waals surface area contributed by atoms with Crippen LogP contribution in [0.4, 0.5) is 0 Å². The van der Waals surface area contributed by atoms with Gasteiger partial charge in [-0.2, -0.15) is 0 Å². The second kappa shape index (κ2) is 5.23. The minimum Gasteiger partial charge on any atom is -0.508 e. The summed E-state index contributed by atoms with van der Waals surface area (Å²) in [6.45, 7) is 0.0904. The fraction of sp³-hybridized carbons (Fsp3) is 0.235. The number of fused-ring (bicyclic) bond motifs is 2. The number of phenolic OH excluding ortho intramolecular Hbond substituents is 2. The Bertz CT molecular complexity index is 843. The molecule has 2 aromatic rings. The van der Waals surface area contributed by atoms with Crippen molar-refractivity contribution in [3.63, 3.8) is 0 Å². The SMILES string of the molecule is COc1c(C2Cc3c(O)cc(O)cc3OC2=O)ccc2c1OCO2. The number of benzene rings is 2. The van der Waals surface area contributed by atoms with E-state index in [9.17, 15) is 15.0 Å². The summed E-state index contributed by atoms with van der Waals surface area (Å²) in [6, 6.07) is 5.95. The topological polar surface area (TPSA) is 94.5 Å². The van der Waals surface area contributed by atoms with Gasteiger partial charge >= 0.3 is 5.97 Å². The highest BCUT2D eigenvalue weighted by Crippen LogP contribution is 2.48. The van der Waals surface area contributed by atoms with Crippen LogP contribution in [0.3, 0.4) is 0 Å². The zero-order valence-corrected chi connectivity index (χ0v) is 12.7. The van der Waals surface area contributed by atoms with E-state index < -0.39 is 11.9 Å². The van der Waals surface area contributed by atoms with Gasteiger partial charge in [0.15, 0.2) is 11.5 Å². The molecule has 0 radical (unpaired) electrons. The van der Waals surface area contributed by atoms with Crippen molar-refractivity contribution < 1.29 is 34.0 Å². The van der Waals surface area contributed by atoms with Crippen LogP contribution in [-0.2, 0) is 11.2 Å². The van der Waals surface area contributed by atoms with Crippen LogP contribution in [0, 0.1) is 0 Å². The summed E-state index contributed by atoms with van der Waals surface area (Å²) in [5, 5.41) is 19.6. The molecule has 1 atom stereocenters. The Kier molecular flexibility index (Phi) is 3.16. The van der Waals surface area contributed by atoms with Gasteiger partial charge in [0.05, 0.1) is 13.0 Å². The highest BCUT2D eigenvalue weighted by atomic mass is 16.7. The molecule has 2 aromatic carbocycles. The van der Waals surface area contributed by atoms with Gasteiger partial charge in [0.1, 0.15) is 17.2 Å². The third-order valence-electron chi connectivity index (χ3n) is 4.18. The molecule has 0 aliphatic carbocycles. The van der Waals surface area contributed by atoms with Gasteiger partial charge < -0.3 is 29.2 Å². The first-order chi connectivity index (χ1) is 11.6. The molecule has 7 heteroatoms. The molecule has 0 amide bonds. The number of esters is 1. The van der Waals surface area contributed by atoms with E-state index in [4.69, 9.17) is 18.9 Å². The highest BCUT2D eigenvalue weighted by Gasteiger charge is 2.36. The second-order valence-electron chi connectivity index (χ2n) is 5.54. The Morgan fingerprint density at radius 2 is 2.00 bits per heavy atom. The number of rotatable bonds is 2. The van der Waals surface area contributed by atoms with Crippen LogP contribution < -0.4 is 18.9 Å². The van der Waals surface area contributed by atoms with Gasteiger partial charge in [0.2, 0.25) is 12.5 Å². The number of ether oxygens (including phenoxy) is 4. The average molecular weight is 330 g/mol. The van der Waals surface area contributed by atoms with Crippen LogP contribution in [0.5, 0.6) is 34.5 Å². The van der Waals surface area contributed by atoms with E-state index in [0.717, 1.165) is 0 Å². The molecule has 0 aromatic heterocycles. The molecule has 24 heavy (non-hydrogen) atoms. The minimum absolute atomic E-state index is 0.0904. The maximum Gasteiger partial charge on any atom is 0.319 e. The van der Waals surface area contributed by atoms with Crippen molar-refractivity contribution in [3.8, 4) is 34.5 Å². The van der Waals surface area contributed by atoms with Gasteiger partial charge in [-0.15, -0.1) is 0 Å². The molecule has 2 aliphatic rings. The molecule has 1 unspecified atom stereocenters. The lowest BCUT2D eigenvalue weighted by atomic mass is 9.88. The van der Waals surface area contributed by atoms with Crippen LogP contribution in [-0.4, -0.2) is 30.1 Å². The number of carbonyl (C=O) groups is 1. The second-order valence-corrected chi connectivity index (χ2v) is 5.54. The zero-order valence-electron chi connectivity index (χ0n) is 12.7. The quantitative estimate of drug-likeness (QED) is 0.643. The Labute approximate surface area is 137 Å². The monoisotopic (exact) mass is 330 g/mol. The van der Waals surface area contributed by atoms with Gasteiger partial charge in [-0.25, -0.2) is 0 Å². The van der Waals surface area contributed by atoms with Crippen molar-refractivity contribution in [1.82, 2.24) is 0 Å². The standard InChI is InChI=1S/C17H14O7/c1-21-15-9(2-3-13-16(15)23-7-22-13)10-6-11-12(19)4-8(18)5-14(11)24-17(10)20/h2-5,10,18-19H,6-7H2,1H3. The van der Waals surface area contributed by atoms with Crippen LogP contribution in [0.15, 0.2) is 24.3 Å². The predicted molar refractivity (Wildman–Crippen MR) is 81.0 cm³/mol. The van der Waals surface area contributed by atoms with Gasteiger partial charge in [0.25, 0.3) is 0 Å². The van der Waals surface area contributed by atoms with E-state index in [1.165, 1.54) is 19.2 Å². The smallest absolute Gasteiger partial charge is 0.319 e. The number of hydrogen-bond acceptors (Lipinski definition) is 7. The van der Waals surface area contributed by atoms with E-state index >= 15 is 0 Å². The summed E-state index contributed by atoms with van der Waals surface area (Å²) in [6.07, 6.45) is 0.219.